The minimum atomic E-state index is 0.393. The number of ether oxygens (including phenoxy) is 3. The van der Waals surface area contributed by atoms with Gasteiger partial charge in [0.05, 0.1) is 13.2 Å². The van der Waals surface area contributed by atoms with Crippen molar-refractivity contribution in [3.63, 3.8) is 0 Å². The van der Waals surface area contributed by atoms with E-state index in [4.69, 9.17) is 14.2 Å². The van der Waals surface area contributed by atoms with E-state index in [0.717, 1.165) is 19.4 Å². The Kier molecular flexibility index (Phi) is 20.5. The van der Waals surface area contributed by atoms with Crippen molar-refractivity contribution < 1.29 is 14.2 Å². The zero-order chi connectivity index (χ0) is 21.4. The van der Waals surface area contributed by atoms with E-state index in [1.807, 2.05) is 6.07 Å². The second kappa shape index (κ2) is 22.7. The van der Waals surface area contributed by atoms with Crippen molar-refractivity contribution in [3.05, 3.63) is 30.3 Å². The summed E-state index contributed by atoms with van der Waals surface area (Å²) >= 11 is 1.63. The van der Waals surface area contributed by atoms with Crippen molar-refractivity contribution in [1.82, 2.24) is 0 Å². The van der Waals surface area contributed by atoms with Gasteiger partial charge in [-0.15, -0.1) is 0 Å². The van der Waals surface area contributed by atoms with Gasteiger partial charge in [-0.05, 0) is 42.0 Å². The number of rotatable bonds is 20. The second-order valence-electron chi connectivity index (χ2n) is 7.61. The number of methoxy groups -OCH3 is 1. The van der Waals surface area contributed by atoms with Gasteiger partial charge in [-0.2, -0.15) is 0 Å². The maximum atomic E-state index is 5.43. The van der Waals surface area contributed by atoms with E-state index in [1.165, 1.54) is 75.5 Å². The van der Waals surface area contributed by atoms with E-state index in [-0.39, 0.29) is 0 Å². The summed E-state index contributed by atoms with van der Waals surface area (Å²) in [7, 11) is 1.68. The van der Waals surface area contributed by atoms with Crippen LogP contribution in [0.1, 0.15) is 83.5 Å². The predicted octanol–water partition coefficient (Wildman–Crippen LogP) is 7.45. The number of hydrogen-bond donors (Lipinski definition) is 0. The van der Waals surface area contributed by atoms with Gasteiger partial charge in [-0.25, -0.2) is 0 Å². The Labute approximate surface area is 189 Å². The van der Waals surface area contributed by atoms with Crippen LogP contribution in [0.5, 0.6) is 0 Å². The third kappa shape index (κ3) is 19.0. The first-order valence-electron chi connectivity index (χ1n) is 11.8. The standard InChI is InChI=1S/C26H42O3S/c1-27-22-23-29-25-28-21-17-12-10-8-6-4-2-3-5-7-9-11-13-18-24-30-26-19-15-14-16-20-26/h14-16,19-20H,2-13,17,21-23,25H2,1H3. The van der Waals surface area contributed by atoms with Crippen LogP contribution in [0.3, 0.4) is 0 Å². The molecule has 0 aliphatic heterocycles. The Balaban J connectivity index is 1.70. The molecule has 0 atom stereocenters. The molecule has 0 bridgehead atoms. The molecule has 0 saturated heterocycles. The largest absolute Gasteiger partial charge is 0.382 e. The molecular formula is C26H42O3S. The summed E-state index contributed by atoms with van der Waals surface area (Å²) in [5, 5.41) is 3.21. The molecule has 170 valence electrons. The minimum Gasteiger partial charge on any atom is -0.382 e. The van der Waals surface area contributed by atoms with Gasteiger partial charge in [-0.1, -0.05) is 88.3 Å². The van der Waals surface area contributed by atoms with Gasteiger partial charge < -0.3 is 14.2 Å². The number of benzene rings is 1. The highest BCUT2D eigenvalue weighted by molar-refractivity contribution is 8.03. The average molecular weight is 435 g/mol. The molecule has 0 spiro atoms. The average Bonchev–Trinajstić information content (AvgIpc) is 2.78. The molecule has 0 saturated carbocycles. The summed E-state index contributed by atoms with van der Waals surface area (Å²) < 4.78 is 15.6. The van der Waals surface area contributed by atoms with Crippen LogP contribution in [0, 0.1) is 11.2 Å². The van der Waals surface area contributed by atoms with Gasteiger partial charge in [-0.3, -0.25) is 0 Å². The summed E-state index contributed by atoms with van der Waals surface area (Å²) in [6.45, 7) is 2.45. The van der Waals surface area contributed by atoms with Gasteiger partial charge in [0.1, 0.15) is 6.79 Å². The zero-order valence-corrected chi connectivity index (χ0v) is 19.9. The topological polar surface area (TPSA) is 27.7 Å². The van der Waals surface area contributed by atoms with Crippen LogP contribution in [0.25, 0.3) is 0 Å². The summed E-state index contributed by atoms with van der Waals surface area (Å²) in [4.78, 5) is 1.23. The highest BCUT2D eigenvalue weighted by atomic mass is 32.2. The molecule has 0 aliphatic carbocycles. The molecule has 0 heterocycles. The lowest BCUT2D eigenvalue weighted by molar-refractivity contribution is -0.0664. The number of hydrogen-bond acceptors (Lipinski definition) is 4. The molecule has 3 nitrogen and oxygen atoms in total. The lowest BCUT2D eigenvalue weighted by atomic mass is 10.0. The van der Waals surface area contributed by atoms with Crippen molar-refractivity contribution in [2.45, 2.75) is 88.4 Å². The van der Waals surface area contributed by atoms with E-state index in [0.29, 0.717) is 20.0 Å². The highest BCUT2D eigenvalue weighted by Crippen LogP contribution is 2.15. The van der Waals surface area contributed by atoms with Crippen LogP contribution in [0.15, 0.2) is 35.2 Å². The Bertz CT molecular complexity index is 524. The number of thioether (sulfide) groups is 1. The van der Waals surface area contributed by atoms with Crippen molar-refractivity contribution in [3.8, 4) is 11.2 Å². The lowest BCUT2D eigenvalue weighted by Gasteiger charge is -2.05. The van der Waals surface area contributed by atoms with Gasteiger partial charge in [0.25, 0.3) is 0 Å². The maximum Gasteiger partial charge on any atom is 0.146 e. The molecule has 0 radical (unpaired) electrons. The monoisotopic (exact) mass is 434 g/mol. The normalized spacial score (nSPS) is 10.7. The van der Waals surface area contributed by atoms with Crippen LogP contribution in [-0.4, -0.2) is 33.7 Å². The third-order valence-electron chi connectivity index (χ3n) is 4.92. The molecule has 0 amide bonds. The van der Waals surface area contributed by atoms with E-state index in [2.05, 4.69) is 35.4 Å². The summed E-state index contributed by atoms with van der Waals surface area (Å²) in [6, 6.07) is 10.4. The van der Waals surface area contributed by atoms with Crippen LogP contribution < -0.4 is 0 Å². The molecule has 4 heteroatoms. The van der Waals surface area contributed by atoms with Gasteiger partial charge >= 0.3 is 0 Å². The van der Waals surface area contributed by atoms with E-state index in [9.17, 15) is 0 Å². The molecular weight excluding hydrogens is 392 g/mol. The van der Waals surface area contributed by atoms with E-state index < -0.39 is 0 Å². The van der Waals surface area contributed by atoms with Crippen LogP contribution in [0.4, 0.5) is 0 Å². The third-order valence-corrected chi connectivity index (χ3v) is 5.68. The molecule has 0 aromatic heterocycles. The van der Waals surface area contributed by atoms with Crippen molar-refractivity contribution in [2.75, 3.05) is 33.7 Å². The SMILES string of the molecule is COCCOCOCCCCCCCCCCCCCCC#CSc1ccccc1. The van der Waals surface area contributed by atoms with E-state index in [1.54, 1.807) is 18.9 Å². The zero-order valence-electron chi connectivity index (χ0n) is 19.0. The Morgan fingerprint density at radius 2 is 1.23 bits per heavy atom. The summed E-state index contributed by atoms with van der Waals surface area (Å²) in [6.07, 6.45) is 17.0. The minimum absolute atomic E-state index is 0.393. The number of unbranched alkanes of at least 4 members (excludes halogenated alkanes) is 12. The van der Waals surface area contributed by atoms with E-state index >= 15 is 0 Å². The fourth-order valence-corrected chi connectivity index (χ4v) is 3.72. The first-order chi connectivity index (χ1) is 14.9. The molecule has 0 N–H and O–H groups in total. The molecule has 0 fully saturated rings. The van der Waals surface area contributed by atoms with Crippen molar-refractivity contribution in [1.29, 1.82) is 0 Å². The van der Waals surface area contributed by atoms with Gasteiger partial charge in [0.2, 0.25) is 0 Å². The molecule has 0 aliphatic rings. The first kappa shape index (κ1) is 27.0. The Hall–Kier alpha value is -0.990. The van der Waals surface area contributed by atoms with Gasteiger partial charge in [0.15, 0.2) is 0 Å². The lowest BCUT2D eigenvalue weighted by Crippen LogP contribution is -2.06. The molecule has 1 rings (SSSR count). The van der Waals surface area contributed by atoms with Crippen molar-refractivity contribution in [2.24, 2.45) is 0 Å². The maximum absolute atomic E-state index is 5.43. The second-order valence-corrected chi connectivity index (χ2v) is 8.49. The fraction of sp³-hybridized carbons (Fsp3) is 0.692. The molecule has 1 aromatic carbocycles. The highest BCUT2D eigenvalue weighted by Gasteiger charge is 1.95. The first-order valence-corrected chi connectivity index (χ1v) is 12.6. The summed E-state index contributed by atoms with van der Waals surface area (Å²) in [5.41, 5.74) is 0. The quantitative estimate of drug-likeness (QED) is 0.0922. The molecule has 1 aromatic rings. The Morgan fingerprint density at radius 3 is 1.87 bits per heavy atom. The fourth-order valence-electron chi connectivity index (χ4n) is 3.14. The van der Waals surface area contributed by atoms with Crippen molar-refractivity contribution >= 4 is 11.8 Å². The summed E-state index contributed by atoms with van der Waals surface area (Å²) in [5.74, 6) is 3.29. The van der Waals surface area contributed by atoms with Crippen LogP contribution in [-0.2, 0) is 14.2 Å². The molecule has 30 heavy (non-hydrogen) atoms. The smallest absolute Gasteiger partial charge is 0.146 e. The predicted molar refractivity (Wildman–Crippen MR) is 129 cm³/mol. The van der Waals surface area contributed by atoms with Crippen LogP contribution >= 0.6 is 11.8 Å². The Morgan fingerprint density at radius 1 is 0.667 bits per heavy atom. The van der Waals surface area contributed by atoms with Crippen LogP contribution in [0.2, 0.25) is 0 Å². The van der Waals surface area contributed by atoms with Gasteiger partial charge in [0, 0.05) is 25.0 Å². The molecule has 0 unspecified atom stereocenters.